The summed E-state index contributed by atoms with van der Waals surface area (Å²) < 4.78 is 6.25. The zero-order valence-electron chi connectivity index (χ0n) is 16.6. The van der Waals surface area contributed by atoms with E-state index in [1.54, 1.807) is 0 Å². The van der Waals surface area contributed by atoms with Gasteiger partial charge in [-0.1, -0.05) is 30.3 Å². The number of carbonyl (C=O) groups is 1. The molecular weight excluding hydrogens is 382 g/mol. The Morgan fingerprint density at radius 1 is 1.17 bits per heavy atom. The molecule has 148 valence electrons. The number of hydrogen-bond acceptors (Lipinski definition) is 5. The maximum Gasteiger partial charge on any atom is 0.286 e. The van der Waals surface area contributed by atoms with E-state index in [2.05, 4.69) is 39.1 Å². The second-order valence-electron chi connectivity index (χ2n) is 7.87. The number of thioether (sulfide) groups is 1. The number of fused-ring (bicyclic) bond motifs is 2. The van der Waals surface area contributed by atoms with Crippen LogP contribution in [0.4, 0.5) is 0 Å². The zero-order chi connectivity index (χ0) is 20.0. The maximum atomic E-state index is 12.6. The minimum absolute atomic E-state index is 0.147. The highest BCUT2D eigenvalue weighted by Gasteiger charge is 2.43. The van der Waals surface area contributed by atoms with E-state index >= 15 is 0 Å². The van der Waals surface area contributed by atoms with Gasteiger partial charge in [0, 0.05) is 25.0 Å². The van der Waals surface area contributed by atoms with Crippen LogP contribution in [0.5, 0.6) is 0 Å². The van der Waals surface area contributed by atoms with Crippen LogP contribution in [0, 0.1) is 6.92 Å². The molecule has 1 aromatic heterocycles. The summed E-state index contributed by atoms with van der Waals surface area (Å²) in [6, 6.07) is 12.5. The van der Waals surface area contributed by atoms with Crippen molar-refractivity contribution >= 4 is 28.4 Å². The van der Waals surface area contributed by atoms with E-state index in [1.165, 1.54) is 22.9 Å². The van der Waals surface area contributed by atoms with Crippen molar-refractivity contribution in [1.29, 1.82) is 0 Å². The molecule has 29 heavy (non-hydrogen) atoms. The fourth-order valence-electron chi connectivity index (χ4n) is 4.35. The molecule has 2 aromatic rings. The number of ether oxygens (including phenoxy) is 1. The molecular formula is C23H23N3O2S. The Morgan fingerprint density at radius 3 is 2.72 bits per heavy atom. The van der Waals surface area contributed by atoms with Crippen molar-refractivity contribution in [2.24, 2.45) is 4.99 Å². The van der Waals surface area contributed by atoms with Crippen LogP contribution in [-0.2, 0) is 21.7 Å². The number of aryl methyl sites for hydroxylation is 1. The summed E-state index contributed by atoms with van der Waals surface area (Å²) in [4.78, 5) is 24.2. The van der Waals surface area contributed by atoms with Crippen molar-refractivity contribution in [3.63, 3.8) is 0 Å². The van der Waals surface area contributed by atoms with Gasteiger partial charge in [0.15, 0.2) is 5.17 Å². The van der Waals surface area contributed by atoms with Gasteiger partial charge < -0.3 is 9.64 Å². The number of benzene rings is 1. The Kier molecular flexibility index (Phi) is 4.56. The number of likely N-dealkylation sites (tertiary alicyclic amines) is 1. The van der Waals surface area contributed by atoms with Gasteiger partial charge in [0.2, 0.25) is 0 Å². The van der Waals surface area contributed by atoms with E-state index in [1.807, 2.05) is 32.2 Å². The second-order valence-corrected chi connectivity index (χ2v) is 8.85. The number of aromatic nitrogens is 1. The molecule has 6 heteroatoms. The van der Waals surface area contributed by atoms with Crippen LogP contribution in [-0.4, -0.2) is 34.0 Å². The van der Waals surface area contributed by atoms with Gasteiger partial charge in [0.1, 0.15) is 0 Å². The van der Waals surface area contributed by atoms with Crippen LogP contribution in [0.25, 0.3) is 5.57 Å². The molecule has 4 heterocycles. The van der Waals surface area contributed by atoms with Crippen LogP contribution < -0.4 is 0 Å². The van der Waals surface area contributed by atoms with Crippen LogP contribution >= 0.6 is 11.8 Å². The fourth-order valence-corrected chi connectivity index (χ4v) is 5.37. The topological polar surface area (TPSA) is 54.8 Å². The first kappa shape index (κ1) is 18.6. The number of aliphatic imine (C=N–C) groups is 1. The Hall–Kier alpha value is -2.44. The van der Waals surface area contributed by atoms with E-state index in [9.17, 15) is 4.79 Å². The van der Waals surface area contributed by atoms with Gasteiger partial charge in [-0.3, -0.25) is 9.78 Å². The SMILES string of the molecule is C/C(=C1/SC(N2CCC3(CC2)OCc2ccccc23)=NC1=O)c1ccc(C)nc1. The normalized spacial score (nSPS) is 22.1. The van der Waals surface area contributed by atoms with Crippen molar-refractivity contribution in [3.8, 4) is 0 Å². The lowest BCUT2D eigenvalue weighted by atomic mass is 9.84. The number of amides is 1. The van der Waals surface area contributed by atoms with E-state index in [-0.39, 0.29) is 11.5 Å². The lowest BCUT2D eigenvalue weighted by molar-refractivity contribution is -0.113. The molecule has 1 saturated heterocycles. The Balaban J connectivity index is 1.31. The van der Waals surface area contributed by atoms with Crippen LogP contribution in [0.1, 0.15) is 42.1 Å². The molecule has 1 fully saturated rings. The monoisotopic (exact) mass is 405 g/mol. The quantitative estimate of drug-likeness (QED) is 0.663. The molecule has 0 aliphatic carbocycles. The third-order valence-electron chi connectivity index (χ3n) is 6.12. The molecule has 3 aliphatic heterocycles. The molecule has 0 N–H and O–H groups in total. The molecule has 0 unspecified atom stereocenters. The van der Waals surface area contributed by atoms with Gasteiger partial charge in [-0.05, 0) is 66.8 Å². The standard InChI is InChI=1S/C23H23N3O2S/c1-15-7-8-17(13-24-15)16(2)20-21(27)25-22(29-20)26-11-9-23(10-12-26)19-6-4-3-5-18(19)14-28-23/h3-8,13H,9-12,14H2,1-2H3/b20-16-. The molecule has 0 bridgehead atoms. The molecule has 1 aromatic carbocycles. The average Bonchev–Trinajstić information content (AvgIpc) is 3.30. The zero-order valence-corrected chi connectivity index (χ0v) is 17.5. The third kappa shape index (κ3) is 3.20. The van der Waals surface area contributed by atoms with E-state index < -0.39 is 0 Å². The number of rotatable bonds is 1. The number of hydrogen-bond donors (Lipinski definition) is 0. The highest BCUT2D eigenvalue weighted by atomic mass is 32.2. The highest BCUT2D eigenvalue weighted by Crippen LogP contribution is 2.45. The molecule has 5 nitrogen and oxygen atoms in total. The lowest BCUT2D eigenvalue weighted by Crippen LogP contribution is -2.44. The number of pyridine rings is 1. The van der Waals surface area contributed by atoms with E-state index in [0.29, 0.717) is 11.5 Å². The van der Waals surface area contributed by atoms with Gasteiger partial charge in [-0.25, -0.2) is 0 Å². The Bertz CT molecular complexity index is 1030. The Morgan fingerprint density at radius 2 is 1.97 bits per heavy atom. The first-order valence-corrected chi connectivity index (χ1v) is 10.8. The summed E-state index contributed by atoms with van der Waals surface area (Å²) in [5.41, 5.74) is 5.33. The van der Waals surface area contributed by atoms with Crippen LogP contribution in [0.15, 0.2) is 52.5 Å². The summed E-state index contributed by atoms with van der Waals surface area (Å²) in [7, 11) is 0. The third-order valence-corrected chi connectivity index (χ3v) is 7.34. The minimum Gasteiger partial charge on any atom is -0.365 e. The van der Waals surface area contributed by atoms with Gasteiger partial charge >= 0.3 is 0 Å². The Labute approximate surface area is 174 Å². The molecule has 1 spiro atoms. The smallest absolute Gasteiger partial charge is 0.286 e. The van der Waals surface area contributed by atoms with Crippen molar-refractivity contribution in [3.05, 3.63) is 69.9 Å². The molecule has 0 radical (unpaired) electrons. The highest BCUT2D eigenvalue weighted by molar-refractivity contribution is 8.18. The van der Waals surface area contributed by atoms with Crippen molar-refractivity contribution in [2.45, 2.75) is 38.9 Å². The van der Waals surface area contributed by atoms with Crippen molar-refractivity contribution in [1.82, 2.24) is 9.88 Å². The maximum absolute atomic E-state index is 12.6. The fraction of sp³-hybridized carbons (Fsp3) is 0.348. The van der Waals surface area contributed by atoms with E-state index in [4.69, 9.17) is 4.74 Å². The molecule has 3 aliphatic rings. The van der Waals surface area contributed by atoms with Crippen LogP contribution in [0.3, 0.4) is 0 Å². The summed E-state index contributed by atoms with van der Waals surface area (Å²) in [5, 5.41) is 0.811. The summed E-state index contributed by atoms with van der Waals surface area (Å²) in [5.74, 6) is -0.147. The average molecular weight is 406 g/mol. The summed E-state index contributed by atoms with van der Waals surface area (Å²) in [6.07, 6.45) is 3.65. The number of piperidine rings is 1. The van der Waals surface area contributed by atoms with Gasteiger partial charge in [0.25, 0.3) is 5.91 Å². The van der Waals surface area contributed by atoms with Crippen molar-refractivity contribution < 1.29 is 9.53 Å². The first-order valence-electron chi connectivity index (χ1n) is 9.98. The van der Waals surface area contributed by atoms with Gasteiger partial charge in [-0.15, -0.1) is 0 Å². The molecule has 0 saturated carbocycles. The molecule has 5 rings (SSSR count). The largest absolute Gasteiger partial charge is 0.365 e. The van der Waals surface area contributed by atoms with Crippen molar-refractivity contribution in [2.75, 3.05) is 13.1 Å². The first-order chi connectivity index (χ1) is 14.1. The number of amidine groups is 1. The predicted octanol–water partition coefficient (Wildman–Crippen LogP) is 4.27. The number of carbonyl (C=O) groups excluding carboxylic acids is 1. The summed E-state index contributed by atoms with van der Waals surface area (Å²) >= 11 is 1.49. The van der Waals surface area contributed by atoms with Crippen LogP contribution in [0.2, 0.25) is 0 Å². The van der Waals surface area contributed by atoms with Gasteiger partial charge in [-0.2, -0.15) is 4.99 Å². The second kappa shape index (κ2) is 7.11. The van der Waals surface area contributed by atoms with Gasteiger partial charge in [0.05, 0.1) is 17.1 Å². The lowest BCUT2D eigenvalue weighted by Gasteiger charge is -2.39. The molecule has 1 amide bonds. The number of allylic oxidation sites excluding steroid dienone is 1. The minimum atomic E-state index is -0.177. The number of nitrogens with zero attached hydrogens (tertiary/aromatic N) is 3. The van der Waals surface area contributed by atoms with E-state index in [0.717, 1.165) is 47.9 Å². The summed E-state index contributed by atoms with van der Waals surface area (Å²) in [6.45, 7) is 6.30. The predicted molar refractivity (Wildman–Crippen MR) is 115 cm³/mol. The molecule has 0 atom stereocenters.